The van der Waals surface area contributed by atoms with Gasteiger partial charge in [0.05, 0.1) is 18.6 Å². The first kappa shape index (κ1) is 21.6. The standard InChI is InChI=1S/C22H23NO6S/c1-4-29-22(25)20-13-17(16-7-9-18(28-3)10-8-16)14-21(24)23(20)30(26,27)19-11-5-15(2)6-12-19/h5-12,14,20H,4,13H2,1-3H3/t20-/m1/s1. The van der Waals surface area contributed by atoms with Crippen LogP contribution in [0.3, 0.4) is 0 Å². The van der Waals surface area contributed by atoms with E-state index >= 15 is 0 Å². The van der Waals surface area contributed by atoms with E-state index in [1.54, 1.807) is 50.4 Å². The summed E-state index contributed by atoms with van der Waals surface area (Å²) in [5.74, 6) is -0.904. The van der Waals surface area contributed by atoms with Gasteiger partial charge < -0.3 is 9.47 Å². The summed E-state index contributed by atoms with van der Waals surface area (Å²) in [5.41, 5.74) is 2.13. The van der Waals surface area contributed by atoms with Crippen LogP contribution in [-0.4, -0.2) is 44.4 Å². The second-order valence-electron chi connectivity index (χ2n) is 6.82. The summed E-state index contributed by atoms with van der Waals surface area (Å²) in [6.45, 7) is 3.53. The summed E-state index contributed by atoms with van der Waals surface area (Å²) in [5, 5.41) is 0. The Morgan fingerprint density at radius 2 is 1.73 bits per heavy atom. The van der Waals surface area contributed by atoms with Crippen molar-refractivity contribution in [3.05, 3.63) is 65.7 Å². The molecule has 1 heterocycles. The summed E-state index contributed by atoms with van der Waals surface area (Å²) in [4.78, 5) is 25.5. The first-order valence-electron chi connectivity index (χ1n) is 9.44. The fourth-order valence-corrected chi connectivity index (χ4v) is 4.74. The molecule has 0 fully saturated rings. The highest BCUT2D eigenvalue weighted by Crippen LogP contribution is 2.32. The molecule has 1 amide bonds. The van der Waals surface area contributed by atoms with E-state index in [-0.39, 0.29) is 17.9 Å². The van der Waals surface area contributed by atoms with Crippen LogP contribution in [0.2, 0.25) is 0 Å². The van der Waals surface area contributed by atoms with Gasteiger partial charge in [0.15, 0.2) is 0 Å². The Bertz CT molecular complexity index is 1070. The van der Waals surface area contributed by atoms with Crippen molar-refractivity contribution in [2.24, 2.45) is 0 Å². The van der Waals surface area contributed by atoms with Gasteiger partial charge in [-0.05, 0) is 49.2 Å². The molecule has 0 bridgehead atoms. The van der Waals surface area contributed by atoms with Gasteiger partial charge >= 0.3 is 5.97 Å². The highest BCUT2D eigenvalue weighted by atomic mass is 32.2. The smallest absolute Gasteiger partial charge is 0.330 e. The van der Waals surface area contributed by atoms with Gasteiger partial charge in [-0.25, -0.2) is 17.5 Å². The molecule has 7 nitrogen and oxygen atoms in total. The molecule has 30 heavy (non-hydrogen) atoms. The molecule has 0 spiro atoms. The van der Waals surface area contributed by atoms with Crippen molar-refractivity contribution >= 4 is 27.5 Å². The van der Waals surface area contributed by atoms with Crippen molar-refractivity contribution in [3.8, 4) is 5.75 Å². The molecule has 2 aromatic rings. The van der Waals surface area contributed by atoms with Crippen LogP contribution in [0.15, 0.2) is 59.5 Å². The van der Waals surface area contributed by atoms with Gasteiger partial charge in [-0.15, -0.1) is 0 Å². The maximum Gasteiger partial charge on any atom is 0.330 e. The zero-order chi connectivity index (χ0) is 21.9. The number of nitrogens with zero attached hydrogens (tertiary/aromatic N) is 1. The normalized spacial score (nSPS) is 16.8. The van der Waals surface area contributed by atoms with Gasteiger partial charge in [-0.3, -0.25) is 4.79 Å². The fourth-order valence-electron chi connectivity index (χ4n) is 3.25. The first-order chi connectivity index (χ1) is 14.3. The molecule has 1 aliphatic rings. The summed E-state index contributed by atoms with van der Waals surface area (Å²) in [6, 6.07) is 11.8. The van der Waals surface area contributed by atoms with Crippen LogP contribution < -0.4 is 4.74 Å². The average molecular weight is 429 g/mol. The molecule has 0 aromatic heterocycles. The Hall–Kier alpha value is -3.13. The maximum atomic E-state index is 13.2. The minimum Gasteiger partial charge on any atom is -0.497 e. The lowest BCUT2D eigenvalue weighted by molar-refractivity contribution is -0.150. The van der Waals surface area contributed by atoms with Crippen LogP contribution in [-0.2, 0) is 24.3 Å². The number of sulfonamides is 1. The molecule has 158 valence electrons. The topological polar surface area (TPSA) is 90.0 Å². The molecular weight excluding hydrogens is 406 g/mol. The van der Waals surface area contributed by atoms with Crippen LogP contribution in [0.5, 0.6) is 5.75 Å². The number of benzene rings is 2. The first-order valence-corrected chi connectivity index (χ1v) is 10.9. The number of esters is 1. The summed E-state index contributed by atoms with van der Waals surface area (Å²) < 4.78 is 37.3. The predicted molar refractivity (Wildman–Crippen MR) is 111 cm³/mol. The van der Waals surface area contributed by atoms with Gasteiger partial charge in [0.1, 0.15) is 11.8 Å². The van der Waals surface area contributed by atoms with E-state index in [4.69, 9.17) is 9.47 Å². The molecule has 1 aliphatic heterocycles. The highest BCUT2D eigenvalue weighted by Gasteiger charge is 2.43. The van der Waals surface area contributed by atoms with Crippen LogP contribution in [0, 0.1) is 6.92 Å². The molecular formula is C22H23NO6S. The molecule has 3 rings (SSSR count). The third-order valence-electron chi connectivity index (χ3n) is 4.81. The van der Waals surface area contributed by atoms with Gasteiger partial charge in [0.25, 0.3) is 15.9 Å². The predicted octanol–water partition coefficient (Wildman–Crippen LogP) is 2.94. The Morgan fingerprint density at radius 3 is 2.30 bits per heavy atom. The van der Waals surface area contributed by atoms with E-state index in [2.05, 4.69) is 0 Å². The van der Waals surface area contributed by atoms with Crippen LogP contribution in [0.1, 0.15) is 24.5 Å². The van der Waals surface area contributed by atoms with Crippen molar-refractivity contribution in [2.45, 2.75) is 31.2 Å². The van der Waals surface area contributed by atoms with Crippen LogP contribution >= 0.6 is 0 Å². The average Bonchev–Trinajstić information content (AvgIpc) is 2.73. The number of carbonyl (C=O) groups excluding carboxylic acids is 2. The third kappa shape index (κ3) is 4.23. The molecule has 0 N–H and O–H groups in total. The lowest BCUT2D eigenvalue weighted by Crippen LogP contribution is -2.50. The Morgan fingerprint density at radius 1 is 1.10 bits per heavy atom. The largest absolute Gasteiger partial charge is 0.497 e. The number of methoxy groups -OCH3 is 1. The number of aryl methyl sites for hydroxylation is 1. The van der Waals surface area contributed by atoms with E-state index in [0.29, 0.717) is 21.2 Å². The number of amides is 1. The fraction of sp³-hybridized carbons (Fsp3) is 0.273. The second-order valence-corrected chi connectivity index (χ2v) is 8.64. The minimum atomic E-state index is -4.24. The van der Waals surface area contributed by atoms with E-state index in [1.807, 2.05) is 6.92 Å². The van der Waals surface area contributed by atoms with E-state index in [1.165, 1.54) is 18.2 Å². The van der Waals surface area contributed by atoms with Gasteiger partial charge in [-0.1, -0.05) is 29.8 Å². The van der Waals surface area contributed by atoms with Gasteiger partial charge in [0, 0.05) is 12.5 Å². The lowest BCUT2D eigenvalue weighted by atomic mass is 9.95. The number of carbonyl (C=O) groups is 2. The number of hydrogen-bond acceptors (Lipinski definition) is 6. The van der Waals surface area contributed by atoms with Crippen molar-refractivity contribution in [2.75, 3.05) is 13.7 Å². The second kappa shape index (κ2) is 8.71. The van der Waals surface area contributed by atoms with E-state index < -0.39 is 27.9 Å². The van der Waals surface area contributed by atoms with E-state index in [0.717, 1.165) is 5.56 Å². The number of hydrogen-bond donors (Lipinski definition) is 0. The van der Waals surface area contributed by atoms with Crippen molar-refractivity contribution in [3.63, 3.8) is 0 Å². The third-order valence-corrected chi connectivity index (χ3v) is 6.63. The molecule has 8 heteroatoms. The molecule has 1 atom stereocenters. The van der Waals surface area contributed by atoms with Crippen LogP contribution in [0.4, 0.5) is 0 Å². The molecule has 0 saturated heterocycles. The minimum absolute atomic E-state index is 0.0159. The SMILES string of the molecule is CCOC(=O)[C@H]1CC(c2ccc(OC)cc2)=CC(=O)N1S(=O)(=O)c1ccc(C)cc1. The molecule has 0 unspecified atom stereocenters. The highest BCUT2D eigenvalue weighted by molar-refractivity contribution is 7.89. The van der Waals surface area contributed by atoms with E-state index in [9.17, 15) is 18.0 Å². The molecule has 0 radical (unpaired) electrons. The molecule has 2 aromatic carbocycles. The zero-order valence-electron chi connectivity index (χ0n) is 17.0. The van der Waals surface area contributed by atoms with Crippen LogP contribution in [0.25, 0.3) is 5.57 Å². The number of rotatable bonds is 6. The van der Waals surface area contributed by atoms with Gasteiger partial charge in [-0.2, -0.15) is 0 Å². The summed E-state index contributed by atoms with van der Waals surface area (Å²) >= 11 is 0. The summed E-state index contributed by atoms with van der Waals surface area (Å²) in [7, 11) is -2.69. The summed E-state index contributed by atoms with van der Waals surface area (Å²) in [6.07, 6.45) is 1.27. The zero-order valence-corrected chi connectivity index (χ0v) is 17.8. The Labute approximate surface area is 176 Å². The van der Waals surface area contributed by atoms with Crippen molar-refractivity contribution in [1.82, 2.24) is 4.31 Å². The van der Waals surface area contributed by atoms with Crippen molar-refractivity contribution < 1.29 is 27.5 Å². The lowest BCUT2D eigenvalue weighted by Gasteiger charge is -2.32. The van der Waals surface area contributed by atoms with Crippen molar-refractivity contribution in [1.29, 1.82) is 0 Å². The molecule has 0 saturated carbocycles. The monoisotopic (exact) mass is 429 g/mol. The molecule has 0 aliphatic carbocycles. The Kier molecular flexibility index (Phi) is 6.26. The quantitative estimate of drug-likeness (QED) is 0.656. The maximum absolute atomic E-state index is 13.2. The number of ether oxygens (including phenoxy) is 2. The Balaban J connectivity index is 2.04. The van der Waals surface area contributed by atoms with Gasteiger partial charge in [0.2, 0.25) is 0 Å².